The first-order valence-electron chi connectivity index (χ1n) is 9.76. The Hall–Kier alpha value is 0.177. The summed E-state index contributed by atoms with van der Waals surface area (Å²) in [6, 6.07) is 1.33. The molecule has 0 rings (SSSR count). The molecule has 0 fully saturated rings. The number of hydrogen-bond acceptors (Lipinski definition) is 1. The Morgan fingerprint density at radius 3 is 1.48 bits per heavy atom. The highest BCUT2D eigenvalue weighted by Gasteiger charge is 2.20. The molecule has 0 radical (unpaired) electrons. The predicted octanol–water partition coefficient (Wildman–Crippen LogP) is 7.32. The lowest BCUT2D eigenvalue weighted by Gasteiger charge is -2.22. The second-order valence-electron chi connectivity index (χ2n) is 7.25. The van der Waals surface area contributed by atoms with Crippen LogP contribution in [0.5, 0.6) is 0 Å². The van der Waals surface area contributed by atoms with E-state index in [1.807, 2.05) is 0 Å². The molecule has 1 nitrogen and oxygen atoms in total. The molecule has 0 aliphatic rings. The first-order valence-corrected chi connectivity index (χ1v) is 12.9. The second kappa shape index (κ2) is 15.1. The van der Waals surface area contributed by atoms with Crippen LogP contribution < -0.4 is 0 Å². The molecule has 0 aromatic heterocycles. The van der Waals surface area contributed by atoms with Gasteiger partial charge in [0.1, 0.15) is 0 Å². The second-order valence-corrected chi connectivity index (χ2v) is 11.6. The molecule has 0 atom stereocenters. The molecule has 0 aliphatic heterocycles. The normalized spacial score (nSPS) is 12.0. The Morgan fingerprint density at radius 1 is 0.571 bits per heavy atom. The molecule has 21 heavy (non-hydrogen) atoms. The van der Waals surface area contributed by atoms with Crippen molar-refractivity contribution in [3.05, 3.63) is 0 Å². The maximum atomic E-state index is 6.15. The van der Waals surface area contributed by atoms with Crippen molar-refractivity contribution < 1.29 is 4.43 Å². The van der Waals surface area contributed by atoms with Crippen LogP contribution in [-0.4, -0.2) is 14.9 Å². The third-order valence-corrected chi connectivity index (χ3v) is 6.92. The molecule has 0 aromatic carbocycles. The van der Waals surface area contributed by atoms with Crippen molar-refractivity contribution in [3.63, 3.8) is 0 Å². The van der Waals surface area contributed by atoms with Crippen molar-refractivity contribution in [1.29, 1.82) is 0 Å². The van der Waals surface area contributed by atoms with Gasteiger partial charge >= 0.3 is 0 Å². The van der Waals surface area contributed by atoms with Crippen LogP contribution in [0.4, 0.5) is 0 Å². The smallest absolute Gasteiger partial charge is 0.186 e. The van der Waals surface area contributed by atoms with Gasteiger partial charge in [-0.3, -0.25) is 0 Å². The van der Waals surface area contributed by atoms with Gasteiger partial charge < -0.3 is 4.43 Å². The van der Waals surface area contributed by atoms with Crippen molar-refractivity contribution in [3.8, 4) is 0 Å². The molecule has 0 aliphatic carbocycles. The SMILES string of the molecule is CCCCCCCCCCCCCO[Si](C)(C)CCCC. The molecular weight excluding hydrogens is 272 g/mol. The van der Waals surface area contributed by atoms with Crippen LogP contribution in [0.1, 0.15) is 97.3 Å². The van der Waals surface area contributed by atoms with Crippen LogP contribution in [0.3, 0.4) is 0 Å². The van der Waals surface area contributed by atoms with Gasteiger partial charge in [0, 0.05) is 6.61 Å². The van der Waals surface area contributed by atoms with Crippen molar-refractivity contribution in [2.75, 3.05) is 6.61 Å². The Labute approximate surface area is 136 Å². The van der Waals surface area contributed by atoms with Gasteiger partial charge in [0.25, 0.3) is 0 Å². The van der Waals surface area contributed by atoms with E-state index in [0.717, 1.165) is 6.61 Å². The third-order valence-electron chi connectivity index (χ3n) is 4.37. The lowest BCUT2D eigenvalue weighted by molar-refractivity contribution is 0.293. The summed E-state index contributed by atoms with van der Waals surface area (Å²) in [7, 11) is -1.32. The first kappa shape index (κ1) is 21.2. The third kappa shape index (κ3) is 16.4. The predicted molar refractivity (Wildman–Crippen MR) is 99.6 cm³/mol. The van der Waals surface area contributed by atoms with Gasteiger partial charge in [-0.1, -0.05) is 90.9 Å². The summed E-state index contributed by atoms with van der Waals surface area (Å²) in [5, 5.41) is 0. The average molecular weight is 315 g/mol. The van der Waals surface area contributed by atoms with E-state index in [1.54, 1.807) is 0 Å². The van der Waals surface area contributed by atoms with Gasteiger partial charge in [-0.25, -0.2) is 0 Å². The quantitative estimate of drug-likeness (QED) is 0.214. The summed E-state index contributed by atoms with van der Waals surface area (Å²) >= 11 is 0. The molecule has 0 N–H and O–H groups in total. The fourth-order valence-electron chi connectivity index (χ4n) is 2.79. The fraction of sp³-hybridized carbons (Fsp3) is 1.00. The zero-order valence-electron chi connectivity index (χ0n) is 15.5. The molecule has 0 bridgehead atoms. The van der Waals surface area contributed by atoms with E-state index in [0.29, 0.717) is 0 Å². The summed E-state index contributed by atoms with van der Waals surface area (Å²) in [4.78, 5) is 0. The van der Waals surface area contributed by atoms with Gasteiger partial charge in [-0.15, -0.1) is 0 Å². The van der Waals surface area contributed by atoms with E-state index >= 15 is 0 Å². The zero-order chi connectivity index (χ0) is 15.8. The summed E-state index contributed by atoms with van der Waals surface area (Å²) in [5.74, 6) is 0. The van der Waals surface area contributed by atoms with Crippen molar-refractivity contribution >= 4 is 8.32 Å². The highest BCUT2D eigenvalue weighted by molar-refractivity contribution is 6.71. The van der Waals surface area contributed by atoms with Crippen molar-refractivity contribution in [2.24, 2.45) is 0 Å². The molecule has 0 saturated heterocycles. The van der Waals surface area contributed by atoms with Crippen molar-refractivity contribution in [2.45, 2.75) is 116 Å². The van der Waals surface area contributed by atoms with Crippen LogP contribution in [0.15, 0.2) is 0 Å². The maximum absolute atomic E-state index is 6.15. The molecule has 0 saturated carbocycles. The van der Waals surface area contributed by atoms with Crippen LogP contribution in [0.25, 0.3) is 0 Å². The van der Waals surface area contributed by atoms with E-state index in [2.05, 4.69) is 26.9 Å². The summed E-state index contributed by atoms with van der Waals surface area (Å²) in [6.45, 7) is 10.3. The van der Waals surface area contributed by atoms with Crippen LogP contribution in [0, 0.1) is 0 Å². The molecule has 0 amide bonds. The van der Waals surface area contributed by atoms with Gasteiger partial charge in [-0.2, -0.15) is 0 Å². The van der Waals surface area contributed by atoms with E-state index in [-0.39, 0.29) is 0 Å². The highest BCUT2D eigenvalue weighted by Crippen LogP contribution is 2.16. The van der Waals surface area contributed by atoms with E-state index < -0.39 is 8.32 Å². The minimum Gasteiger partial charge on any atom is -0.417 e. The van der Waals surface area contributed by atoms with Crippen LogP contribution in [0.2, 0.25) is 19.1 Å². The minimum absolute atomic E-state index is 1.01. The number of unbranched alkanes of at least 4 members (excludes halogenated alkanes) is 11. The summed E-state index contributed by atoms with van der Waals surface area (Å²) < 4.78 is 6.15. The standard InChI is InChI=1S/C19H42OSi/c1-5-7-9-10-11-12-13-14-15-16-17-18-20-21(3,4)19-8-6-2/h5-19H2,1-4H3. The maximum Gasteiger partial charge on any atom is 0.186 e. The van der Waals surface area contributed by atoms with E-state index in [4.69, 9.17) is 4.43 Å². The van der Waals surface area contributed by atoms with Crippen molar-refractivity contribution in [1.82, 2.24) is 0 Å². The molecular formula is C19H42OSi. The van der Waals surface area contributed by atoms with Gasteiger partial charge in [0.05, 0.1) is 0 Å². The highest BCUT2D eigenvalue weighted by atomic mass is 28.4. The minimum atomic E-state index is -1.32. The summed E-state index contributed by atoms with van der Waals surface area (Å²) in [5.41, 5.74) is 0. The van der Waals surface area contributed by atoms with Gasteiger partial charge in [0.15, 0.2) is 8.32 Å². The Kier molecular flexibility index (Phi) is 15.2. The Morgan fingerprint density at radius 2 is 1.00 bits per heavy atom. The lowest BCUT2D eigenvalue weighted by atomic mass is 10.1. The molecule has 0 aromatic rings. The lowest BCUT2D eigenvalue weighted by Crippen LogP contribution is -2.30. The van der Waals surface area contributed by atoms with E-state index in [1.165, 1.54) is 89.5 Å². The van der Waals surface area contributed by atoms with Crippen LogP contribution in [-0.2, 0) is 4.43 Å². The zero-order valence-corrected chi connectivity index (χ0v) is 16.5. The number of hydrogen-bond donors (Lipinski definition) is 0. The Bertz CT molecular complexity index is 204. The molecule has 2 heteroatoms. The monoisotopic (exact) mass is 314 g/mol. The number of rotatable bonds is 16. The Balaban J connectivity index is 3.18. The fourth-order valence-corrected chi connectivity index (χ4v) is 4.84. The van der Waals surface area contributed by atoms with E-state index in [9.17, 15) is 0 Å². The largest absolute Gasteiger partial charge is 0.417 e. The topological polar surface area (TPSA) is 9.23 Å². The summed E-state index contributed by atoms with van der Waals surface area (Å²) in [6.07, 6.45) is 18.2. The van der Waals surface area contributed by atoms with Gasteiger partial charge in [-0.05, 0) is 25.6 Å². The van der Waals surface area contributed by atoms with Gasteiger partial charge in [0.2, 0.25) is 0 Å². The first-order chi connectivity index (χ1) is 10.1. The molecule has 0 unspecified atom stereocenters. The van der Waals surface area contributed by atoms with Crippen LogP contribution >= 0.6 is 0 Å². The molecule has 128 valence electrons. The molecule has 0 heterocycles. The average Bonchev–Trinajstić information content (AvgIpc) is 2.46. The molecule has 0 spiro atoms.